The summed E-state index contributed by atoms with van der Waals surface area (Å²) in [5.74, 6) is 0.740. The third kappa shape index (κ3) is 5.81. The van der Waals surface area contributed by atoms with E-state index in [1.54, 1.807) is 0 Å². The molecule has 1 N–H and O–H groups in total. The maximum absolute atomic E-state index is 9.31. The van der Waals surface area contributed by atoms with E-state index in [1.807, 2.05) is 6.92 Å². The predicted molar refractivity (Wildman–Crippen MR) is 83.5 cm³/mol. The van der Waals surface area contributed by atoms with Gasteiger partial charge in [-0.25, -0.2) is 0 Å². The van der Waals surface area contributed by atoms with E-state index in [4.69, 9.17) is 4.74 Å². The molecule has 0 spiro atoms. The minimum absolute atomic E-state index is 0.364. The molecule has 116 valence electrons. The quantitative estimate of drug-likeness (QED) is 0.769. The molecule has 20 heavy (non-hydrogen) atoms. The van der Waals surface area contributed by atoms with E-state index in [2.05, 4.69) is 39.1 Å². The molecule has 1 aliphatic carbocycles. The lowest BCUT2D eigenvalue weighted by Crippen LogP contribution is -2.43. The highest BCUT2D eigenvalue weighted by atomic mass is 16.5. The minimum atomic E-state index is -0.453. The molecule has 1 fully saturated rings. The molecule has 0 aromatic heterocycles. The van der Waals surface area contributed by atoms with Gasteiger partial charge in [-0.1, -0.05) is 27.7 Å². The van der Waals surface area contributed by atoms with Gasteiger partial charge in [0.05, 0.1) is 12.2 Å². The highest BCUT2D eigenvalue weighted by Gasteiger charge is 2.33. The monoisotopic (exact) mass is 280 g/mol. The zero-order valence-corrected chi connectivity index (χ0v) is 14.0. The molecule has 0 heterocycles. The van der Waals surface area contributed by atoms with Gasteiger partial charge >= 0.3 is 0 Å². The molecule has 0 saturated heterocycles. The maximum atomic E-state index is 9.31. The molecule has 0 amide bonds. The summed E-state index contributed by atoms with van der Waals surface area (Å²) in [6.07, 6.45) is 5.77. The van der Waals surface area contributed by atoms with Crippen molar-refractivity contribution in [3.05, 3.63) is 0 Å². The Balaban J connectivity index is 2.37. The average Bonchev–Trinajstić information content (AvgIpc) is 2.34. The van der Waals surface area contributed by atoms with Gasteiger partial charge in [0.1, 0.15) is 5.54 Å². The van der Waals surface area contributed by atoms with Crippen molar-refractivity contribution in [3.8, 4) is 6.07 Å². The highest BCUT2D eigenvalue weighted by molar-refractivity contribution is 5.03. The number of rotatable bonds is 7. The summed E-state index contributed by atoms with van der Waals surface area (Å²) in [5.41, 5.74) is -0.0624. The summed E-state index contributed by atoms with van der Waals surface area (Å²) >= 11 is 0. The normalized spacial score (nSPS) is 28.6. The van der Waals surface area contributed by atoms with Crippen molar-refractivity contribution < 1.29 is 4.74 Å². The molecule has 3 atom stereocenters. The first kappa shape index (κ1) is 17.5. The van der Waals surface area contributed by atoms with Crippen LogP contribution in [0.25, 0.3) is 0 Å². The van der Waals surface area contributed by atoms with Crippen LogP contribution in [0.1, 0.15) is 66.7 Å². The van der Waals surface area contributed by atoms with E-state index in [0.717, 1.165) is 38.1 Å². The van der Waals surface area contributed by atoms with Crippen molar-refractivity contribution in [1.82, 2.24) is 5.32 Å². The first-order chi connectivity index (χ1) is 9.30. The van der Waals surface area contributed by atoms with Crippen LogP contribution in [0.4, 0.5) is 0 Å². The lowest BCUT2D eigenvalue weighted by molar-refractivity contribution is -0.0271. The maximum Gasteiger partial charge on any atom is 0.106 e. The number of nitrogens with one attached hydrogen (secondary N) is 1. The molecule has 1 saturated carbocycles. The molecule has 0 aromatic rings. The summed E-state index contributed by atoms with van der Waals surface area (Å²) in [6, 6.07) is 2.38. The van der Waals surface area contributed by atoms with Crippen molar-refractivity contribution in [2.24, 2.45) is 11.3 Å². The van der Waals surface area contributed by atoms with Crippen LogP contribution in [0.2, 0.25) is 0 Å². The van der Waals surface area contributed by atoms with E-state index >= 15 is 0 Å². The van der Waals surface area contributed by atoms with Gasteiger partial charge in [0.15, 0.2) is 0 Å². The van der Waals surface area contributed by atoms with Crippen LogP contribution >= 0.6 is 0 Å². The van der Waals surface area contributed by atoms with Crippen LogP contribution in [-0.4, -0.2) is 24.8 Å². The molecule has 3 heteroatoms. The van der Waals surface area contributed by atoms with Gasteiger partial charge in [0, 0.05) is 13.0 Å². The van der Waals surface area contributed by atoms with Crippen molar-refractivity contribution in [1.29, 1.82) is 5.26 Å². The summed E-state index contributed by atoms with van der Waals surface area (Å²) in [6.45, 7) is 12.6. The fourth-order valence-electron chi connectivity index (χ4n) is 3.40. The first-order valence-corrected chi connectivity index (χ1v) is 8.08. The Morgan fingerprint density at radius 1 is 1.40 bits per heavy atom. The van der Waals surface area contributed by atoms with E-state index in [0.29, 0.717) is 18.1 Å². The Morgan fingerprint density at radius 2 is 2.10 bits per heavy atom. The molecule has 1 rings (SSSR count). The van der Waals surface area contributed by atoms with E-state index in [-0.39, 0.29) is 0 Å². The third-order valence-corrected chi connectivity index (χ3v) is 4.31. The van der Waals surface area contributed by atoms with Crippen LogP contribution in [0.3, 0.4) is 0 Å². The minimum Gasteiger partial charge on any atom is -0.378 e. The number of nitriles is 1. The Bertz CT molecular complexity index is 334. The number of nitrogens with zero attached hydrogens (tertiary/aromatic N) is 1. The van der Waals surface area contributed by atoms with Gasteiger partial charge in [0.2, 0.25) is 0 Å². The zero-order chi connectivity index (χ0) is 15.2. The molecule has 0 aromatic carbocycles. The van der Waals surface area contributed by atoms with Crippen molar-refractivity contribution >= 4 is 0 Å². The second-order valence-electron chi connectivity index (χ2n) is 7.53. The Morgan fingerprint density at radius 3 is 2.65 bits per heavy atom. The fraction of sp³-hybridized carbons (Fsp3) is 0.941. The molecule has 0 radical (unpaired) electrons. The Labute approximate surface area is 125 Å². The highest BCUT2D eigenvalue weighted by Crippen LogP contribution is 2.39. The summed E-state index contributed by atoms with van der Waals surface area (Å²) in [7, 11) is 0. The molecular formula is C17H32N2O. The van der Waals surface area contributed by atoms with E-state index < -0.39 is 5.54 Å². The standard InChI is InChI=1S/C17H32N2O/c1-6-8-19-17(5,13-18)7-9-20-15-10-14(2)11-16(3,4)12-15/h14-15,19H,6-12H2,1-5H3. The third-order valence-electron chi connectivity index (χ3n) is 4.31. The number of hydrogen-bond donors (Lipinski definition) is 1. The molecule has 3 nitrogen and oxygen atoms in total. The lowest BCUT2D eigenvalue weighted by atomic mass is 9.71. The SMILES string of the molecule is CCCNC(C)(C#N)CCOC1CC(C)CC(C)(C)C1. The molecular weight excluding hydrogens is 248 g/mol. The van der Waals surface area contributed by atoms with Crippen LogP contribution in [0, 0.1) is 22.7 Å². The molecule has 1 aliphatic rings. The van der Waals surface area contributed by atoms with Gasteiger partial charge in [-0.3, -0.25) is 5.32 Å². The van der Waals surface area contributed by atoms with Crippen molar-refractivity contribution in [3.63, 3.8) is 0 Å². The average molecular weight is 280 g/mol. The molecule has 3 unspecified atom stereocenters. The first-order valence-electron chi connectivity index (χ1n) is 8.08. The van der Waals surface area contributed by atoms with E-state index in [9.17, 15) is 5.26 Å². The van der Waals surface area contributed by atoms with Gasteiger partial charge in [-0.15, -0.1) is 0 Å². The zero-order valence-electron chi connectivity index (χ0n) is 14.0. The van der Waals surface area contributed by atoms with Crippen LogP contribution in [0.15, 0.2) is 0 Å². The smallest absolute Gasteiger partial charge is 0.106 e. The largest absolute Gasteiger partial charge is 0.378 e. The van der Waals surface area contributed by atoms with Gasteiger partial charge in [-0.2, -0.15) is 5.26 Å². The molecule has 0 bridgehead atoms. The number of hydrogen-bond acceptors (Lipinski definition) is 3. The van der Waals surface area contributed by atoms with Crippen molar-refractivity contribution in [2.45, 2.75) is 78.4 Å². The second-order valence-corrected chi connectivity index (χ2v) is 7.53. The number of ether oxygens (including phenoxy) is 1. The van der Waals surface area contributed by atoms with Gasteiger partial charge in [0.25, 0.3) is 0 Å². The Hall–Kier alpha value is -0.590. The summed E-state index contributed by atoms with van der Waals surface area (Å²) in [4.78, 5) is 0. The van der Waals surface area contributed by atoms with E-state index in [1.165, 1.54) is 6.42 Å². The summed E-state index contributed by atoms with van der Waals surface area (Å²) in [5, 5.41) is 12.6. The topological polar surface area (TPSA) is 45.0 Å². The van der Waals surface area contributed by atoms with Gasteiger partial charge in [-0.05, 0) is 50.5 Å². The summed E-state index contributed by atoms with van der Waals surface area (Å²) < 4.78 is 6.08. The van der Waals surface area contributed by atoms with Crippen molar-refractivity contribution in [2.75, 3.05) is 13.2 Å². The lowest BCUT2D eigenvalue weighted by Gasteiger charge is -2.39. The van der Waals surface area contributed by atoms with Gasteiger partial charge < -0.3 is 4.74 Å². The van der Waals surface area contributed by atoms with Crippen LogP contribution in [0.5, 0.6) is 0 Å². The predicted octanol–water partition coefficient (Wildman–Crippen LogP) is 3.89. The Kier molecular flexibility index (Phi) is 6.48. The van der Waals surface area contributed by atoms with Crippen LogP contribution in [-0.2, 0) is 4.74 Å². The fourth-order valence-corrected chi connectivity index (χ4v) is 3.40. The molecule has 0 aliphatic heterocycles. The van der Waals surface area contributed by atoms with Crippen LogP contribution < -0.4 is 5.32 Å². The second kappa shape index (κ2) is 7.43.